The predicted molar refractivity (Wildman–Crippen MR) is 184 cm³/mol. The second-order valence-electron chi connectivity index (χ2n) is 11.4. The number of benzene rings is 3. The third-order valence-electron chi connectivity index (χ3n) is 7.89. The van der Waals surface area contributed by atoms with Crippen LogP contribution < -0.4 is 5.32 Å². The summed E-state index contributed by atoms with van der Waals surface area (Å²) in [6.07, 6.45) is 2.06. The molecule has 0 bridgehead atoms. The highest BCUT2D eigenvalue weighted by atomic mass is 19.0. The van der Waals surface area contributed by atoms with Gasteiger partial charge in [0, 0.05) is 34.3 Å². The number of halogens is 1. The molecule has 6 aromatic rings. The molecule has 3 heterocycles. The Morgan fingerprint density at radius 1 is 0.739 bits per heavy atom. The van der Waals surface area contributed by atoms with Crippen molar-refractivity contribution in [3.8, 4) is 0 Å². The third-order valence-corrected chi connectivity index (χ3v) is 7.89. The molecule has 0 radical (unpaired) electrons. The average molecular weight is 627 g/mol. The van der Waals surface area contributed by atoms with E-state index in [0.29, 0.717) is 12.3 Å². The van der Waals surface area contributed by atoms with Crippen molar-refractivity contribution >= 4 is 45.1 Å². The minimum absolute atomic E-state index is 0. The number of rotatable bonds is 6. The first kappa shape index (κ1) is 35.5. The highest BCUT2D eigenvalue weighted by Gasteiger charge is 2.14. The van der Waals surface area contributed by atoms with Crippen molar-refractivity contribution in [2.24, 2.45) is 0 Å². The van der Waals surface area contributed by atoms with Crippen LogP contribution in [0.3, 0.4) is 0 Å². The maximum absolute atomic E-state index is 11.5. The molecular weight excluding hydrogens is 583 g/mol. The Kier molecular flexibility index (Phi) is 11.9. The van der Waals surface area contributed by atoms with Gasteiger partial charge in [0.25, 0.3) is 0 Å². The maximum atomic E-state index is 11.5. The van der Waals surface area contributed by atoms with Crippen LogP contribution in [0.2, 0.25) is 0 Å². The number of nitrogens with one attached hydrogen (secondary N) is 1. The number of hydrogen-bond donors (Lipinski definition) is 1. The Balaban J connectivity index is 0.000000189. The maximum Gasteiger partial charge on any atom is 0.246 e. The molecule has 0 spiro atoms. The van der Waals surface area contributed by atoms with Crippen LogP contribution in [-0.4, -0.2) is 31.2 Å². The van der Waals surface area contributed by atoms with E-state index in [2.05, 4.69) is 56.1 Å². The van der Waals surface area contributed by atoms with E-state index in [-0.39, 0.29) is 10.6 Å². The SMILES string of the molecule is C=CC(=O)N(C)Cc1oc2cc(C)ccc2c1C.CNCc1oc2cc(C)ccc2c1C.Cc1ccc2c(C)c(C=O)oc2c1.F. The van der Waals surface area contributed by atoms with Gasteiger partial charge in [-0.15, -0.1) is 0 Å². The van der Waals surface area contributed by atoms with Crippen LogP contribution >= 0.6 is 0 Å². The van der Waals surface area contributed by atoms with Crippen LogP contribution in [0, 0.1) is 41.5 Å². The Labute approximate surface area is 269 Å². The molecule has 0 fully saturated rings. The lowest BCUT2D eigenvalue weighted by molar-refractivity contribution is -0.125. The van der Waals surface area contributed by atoms with E-state index in [9.17, 15) is 9.59 Å². The molecule has 0 aliphatic carbocycles. The quantitative estimate of drug-likeness (QED) is 0.147. The molecule has 0 aliphatic heterocycles. The van der Waals surface area contributed by atoms with Gasteiger partial charge in [0.2, 0.25) is 5.91 Å². The van der Waals surface area contributed by atoms with Crippen LogP contribution in [-0.2, 0) is 17.9 Å². The van der Waals surface area contributed by atoms with E-state index >= 15 is 0 Å². The van der Waals surface area contributed by atoms with Gasteiger partial charge in [0.1, 0.15) is 28.3 Å². The summed E-state index contributed by atoms with van der Waals surface area (Å²) < 4.78 is 16.9. The van der Waals surface area contributed by atoms with Gasteiger partial charge in [0.15, 0.2) is 12.0 Å². The van der Waals surface area contributed by atoms with Gasteiger partial charge in [-0.05, 0) is 95.1 Å². The number of carbonyl (C=O) groups excluding carboxylic acids is 2. The van der Waals surface area contributed by atoms with Crippen LogP contribution in [0.4, 0.5) is 4.70 Å². The monoisotopic (exact) mass is 626 g/mol. The summed E-state index contributed by atoms with van der Waals surface area (Å²) in [5.74, 6) is 2.19. The van der Waals surface area contributed by atoms with Gasteiger partial charge in [-0.2, -0.15) is 0 Å². The highest BCUT2D eigenvalue weighted by molar-refractivity contribution is 5.90. The van der Waals surface area contributed by atoms with Crippen molar-refractivity contribution in [2.45, 2.75) is 54.6 Å². The zero-order valence-corrected chi connectivity index (χ0v) is 27.9. The summed E-state index contributed by atoms with van der Waals surface area (Å²) in [5.41, 5.74) is 9.46. The number of hydrogen-bond acceptors (Lipinski definition) is 6. The Hall–Kier alpha value is -4.95. The number of carbonyl (C=O) groups is 2. The highest BCUT2D eigenvalue weighted by Crippen LogP contribution is 2.28. The van der Waals surface area contributed by atoms with Crippen molar-refractivity contribution in [3.05, 3.63) is 118 Å². The lowest BCUT2D eigenvalue weighted by atomic mass is 10.1. The van der Waals surface area contributed by atoms with E-state index in [1.54, 1.807) is 11.9 Å². The third kappa shape index (κ3) is 7.82. The lowest BCUT2D eigenvalue weighted by Gasteiger charge is -2.13. The number of nitrogens with zero attached hydrogens (tertiary/aromatic N) is 1. The molecule has 3 aromatic heterocycles. The van der Waals surface area contributed by atoms with Gasteiger partial charge in [-0.3, -0.25) is 14.3 Å². The largest absolute Gasteiger partial charge is 0.459 e. The summed E-state index contributed by atoms with van der Waals surface area (Å²) in [5, 5.41) is 6.46. The number of amides is 1. The fourth-order valence-electron chi connectivity index (χ4n) is 5.16. The first-order valence-corrected chi connectivity index (χ1v) is 14.9. The van der Waals surface area contributed by atoms with Crippen LogP contribution in [0.15, 0.2) is 80.5 Å². The van der Waals surface area contributed by atoms with Crippen molar-refractivity contribution in [3.63, 3.8) is 0 Å². The zero-order valence-electron chi connectivity index (χ0n) is 27.9. The van der Waals surface area contributed by atoms with Gasteiger partial charge in [-0.25, -0.2) is 0 Å². The van der Waals surface area contributed by atoms with Crippen LogP contribution in [0.25, 0.3) is 32.9 Å². The summed E-state index contributed by atoms with van der Waals surface area (Å²) in [6, 6.07) is 18.4. The minimum atomic E-state index is -0.106. The van der Waals surface area contributed by atoms with E-state index < -0.39 is 0 Å². The molecule has 46 heavy (non-hydrogen) atoms. The van der Waals surface area contributed by atoms with Gasteiger partial charge < -0.3 is 23.5 Å². The Morgan fingerprint density at radius 2 is 1.17 bits per heavy atom. The Bertz CT molecular complexity index is 2000. The van der Waals surface area contributed by atoms with E-state index in [0.717, 1.165) is 68.6 Å². The topological polar surface area (TPSA) is 88.8 Å². The summed E-state index contributed by atoms with van der Waals surface area (Å²) in [6.45, 7) is 16.9. The summed E-state index contributed by atoms with van der Waals surface area (Å²) in [4.78, 5) is 23.6. The number of aryl methyl sites for hydroxylation is 6. The molecule has 7 nitrogen and oxygen atoms in total. The molecule has 8 heteroatoms. The molecule has 1 N–H and O–H groups in total. The van der Waals surface area contributed by atoms with Crippen molar-refractivity contribution < 1.29 is 27.5 Å². The first-order valence-electron chi connectivity index (χ1n) is 14.9. The lowest BCUT2D eigenvalue weighted by Crippen LogP contribution is -2.23. The molecule has 6 rings (SSSR count). The van der Waals surface area contributed by atoms with E-state index in [4.69, 9.17) is 13.3 Å². The summed E-state index contributed by atoms with van der Waals surface area (Å²) in [7, 11) is 3.67. The number of likely N-dealkylation sites (N-methyl/N-ethyl adjacent to an activating group) is 1. The van der Waals surface area contributed by atoms with Gasteiger partial charge in [-0.1, -0.05) is 43.0 Å². The molecule has 0 saturated heterocycles. The molecular formula is C38H43FN2O5. The number of fused-ring (bicyclic) bond motifs is 3. The summed E-state index contributed by atoms with van der Waals surface area (Å²) >= 11 is 0. The van der Waals surface area contributed by atoms with Crippen molar-refractivity contribution in [1.29, 1.82) is 0 Å². The predicted octanol–water partition coefficient (Wildman–Crippen LogP) is 8.98. The number of furan rings is 3. The molecule has 1 amide bonds. The van der Waals surface area contributed by atoms with Crippen molar-refractivity contribution in [2.75, 3.05) is 14.1 Å². The first-order chi connectivity index (χ1) is 21.5. The number of aldehydes is 1. The smallest absolute Gasteiger partial charge is 0.246 e. The second-order valence-corrected chi connectivity index (χ2v) is 11.4. The zero-order chi connectivity index (χ0) is 32.8. The fourth-order valence-corrected chi connectivity index (χ4v) is 5.16. The molecule has 0 saturated carbocycles. The Morgan fingerprint density at radius 3 is 1.63 bits per heavy atom. The molecule has 0 unspecified atom stereocenters. The minimum Gasteiger partial charge on any atom is -0.459 e. The van der Waals surface area contributed by atoms with E-state index in [1.807, 2.05) is 59.0 Å². The fraction of sp³-hybridized carbons (Fsp3) is 0.263. The molecule has 3 aromatic carbocycles. The van der Waals surface area contributed by atoms with Gasteiger partial charge in [0.05, 0.1) is 13.1 Å². The normalized spacial score (nSPS) is 10.5. The molecule has 242 valence electrons. The van der Waals surface area contributed by atoms with E-state index in [1.165, 1.54) is 28.2 Å². The molecule has 0 aliphatic rings. The second kappa shape index (κ2) is 15.4. The van der Waals surface area contributed by atoms with Gasteiger partial charge >= 0.3 is 0 Å². The molecule has 0 atom stereocenters. The van der Waals surface area contributed by atoms with Crippen LogP contribution in [0.1, 0.15) is 55.5 Å². The standard InChI is InChI=1S/C15H17NO2.C12H15NO.C11H10O2.FH/c1-5-15(17)16(4)9-14-11(3)12-7-6-10(2)8-13(12)18-14;1-8-4-5-10-9(2)12(7-13-3)14-11(10)6-8;1-7-3-4-9-8(2)11(6-12)13-10(9)5-7;/h5-8H,1,9H2,2-4H3;4-6,13H,7H2,1-3H3;3-6H,1-2H3;1H. The van der Waals surface area contributed by atoms with Crippen LogP contribution in [0.5, 0.6) is 0 Å². The average Bonchev–Trinajstić information content (AvgIpc) is 3.62. The van der Waals surface area contributed by atoms with Crippen molar-refractivity contribution in [1.82, 2.24) is 10.2 Å².